The van der Waals surface area contributed by atoms with Gasteiger partial charge in [0.25, 0.3) is 0 Å². The van der Waals surface area contributed by atoms with E-state index >= 15 is 0 Å². The highest BCUT2D eigenvalue weighted by atomic mass is 32.2. The van der Waals surface area contributed by atoms with Crippen molar-refractivity contribution in [3.8, 4) is 5.75 Å². The number of hydrogen-bond acceptors (Lipinski definition) is 7. The fourth-order valence-electron chi connectivity index (χ4n) is 3.34. The maximum Gasteiger partial charge on any atom is 0.233 e. The molecule has 0 spiro atoms. The molecule has 0 N–H and O–H groups in total. The maximum absolute atomic E-state index is 13.3. The molecule has 0 aliphatic rings. The smallest absolute Gasteiger partial charge is 0.233 e. The third-order valence-corrected chi connectivity index (χ3v) is 8.05. The molecular formula is C23H23N3O2S3. The molecule has 4 aromatic rings. The highest BCUT2D eigenvalue weighted by Crippen LogP contribution is 2.34. The van der Waals surface area contributed by atoms with Crippen molar-refractivity contribution in [2.45, 2.75) is 32.0 Å². The van der Waals surface area contributed by atoms with Gasteiger partial charge >= 0.3 is 0 Å². The molecule has 3 aromatic heterocycles. The number of rotatable bonds is 8. The average molecular weight is 470 g/mol. The first-order valence-corrected chi connectivity index (χ1v) is 12.5. The molecule has 5 nitrogen and oxygen atoms in total. The van der Waals surface area contributed by atoms with E-state index in [4.69, 9.17) is 4.74 Å². The minimum Gasteiger partial charge on any atom is -0.496 e. The Morgan fingerprint density at radius 2 is 1.97 bits per heavy atom. The number of carbonyl (C=O) groups excluding carboxylic acids is 1. The van der Waals surface area contributed by atoms with Crippen LogP contribution in [0.3, 0.4) is 0 Å². The van der Waals surface area contributed by atoms with Crippen molar-refractivity contribution in [2.24, 2.45) is 0 Å². The second-order valence-corrected chi connectivity index (χ2v) is 10.3. The zero-order valence-electron chi connectivity index (χ0n) is 17.6. The molecule has 3 heterocycles. The molecule has 0 unspecified atom stereocenters. The fourth-order valence-corrected chi connectivity index (χ4v) is 6.08. The molecule has 31 heavy (non-hydrogen) atoms. The minimum atomic E-state index is 0.0701. The summed E-state index contributed by atoms with van der Waals surface area (Å²) >= 11 is 4.81. The van der Waals surface area contributed by atoms with Gasteiger partial charge in [0.2, 0.25) is 5.91 Å². The summed E-state index contributed by atoms with van der Waals surface area (Å²) in [6.07, 6.45) is 1.59. The average Bonchev–Trinajstić information content (AvgIpc) is 3.40. The van der Waals surface area contributed by atoms with Crippen LogP contribution in [-0.4, -0.2) is 33.6 Å². The van der Waals surface area contributed by atoms with Gasteiger partial charge < -0.3 is 9.64 Å². The van der Waals surface area contributed by atoms with Gasteiger partial charge in [0, 0.05) is 27.2 Å². The molecule has 8 heteroatoms. The second-order valence-electron chi connectivity index (χ2n) is 7.07. The molecule has 0 radical (unpaired) electrons. The lowest BCUT2D eigenvalue weighted by Crippen LogP contribution is -2.31. The number of carbonyl (C=O) groups is 1. The molecule has 0 saturated carbocycles. The zero-order valence-corrected chi connectivity index (χ0v) is 20.1. The monoisotopic (exact) mass is 469 g/mol. The van der Waals surface area contributed by atoms with Crippen LogP contribution < -0.4 is 4.74 Å². The van der Waals surface area contributed by atoms with E-state index in [0.717, 1.165) is 31.4 Å². The van der Waals surface area contributed by atoms with E-state index in [1.165, 1.54) is 22.2 Å². The standard InChI is InChI=1S/C23H23N3O2S3/c1-15-16(2)31-23-21(15)22(24-14-25-23)30-13-20(27)26(12-18-8-6-10-29-18)11-17-7-4-5-9-19(17)28-3/h4-10,14H,11-13H2,1-3H3. The van der Waals surface area contributed by atoms with Crippen LogP contribution in [0.15, 0.2) is 53.1 Å². The van der Waals surface area contributed by atoms with Gasteiger partial charge in [-0.1, -0.05) is 36.0 Å². The summed E-state index contributed by atoms with van der Waals surface area (Å²) in [6, 6.07) is 11.9. The molecule has 0 atom stereocenters. The van der Waals surface area contributed by atoms with E-state index in [2.05, 4.69) is 29.9 Å². The summed E-state index contributed by atoms with van der Waals surface area (Å²) < 4.78 is 5.50. The molecule has 0 bridgehead atoms. The van der Waals surface area contributed by atoms with Gasteiger partial charge in [-0.05, 0) is 36.9 Å². The van der Waals surface area contributed by atoms with E-state index in [9.17, 15) is 4.79 Å². The number of hydrogen-bond donors (Lipinski definition) is 0. The third kappa shape index (κ3) is 4.92. The van der Waals surface area contributed by atoms with Crippen molar-refractivity contribution in [1.82, 2.24) is 14.9 Å². The van der Waals surface area contributed by atoms with E-state index in [0.29, 0.717) is 18.8 Å². The van der Waals surface area contributed by atoms with Crippen LogP contribution in [0.5, 0.6) is 5.75 Å². The predicted octanol–water partition coefficient (Wildman–Crippen LogP) is 5.70. The molecule has 160 valence electrons. The summed E-state index contributed by atoms with van der Waals surface area (Å²) in [6.45, 7) is 5.26. The molecule has 0 saturated heterocycles. The first-order chi connectivity index (χ1) is 15.1. The Hall–Kier alpha value is -2.42. The highest BCUT2D eigenvalue weighted by Gasteiger charge is 2.19. The third-order valence-electron chi connectivity index (χ3n) is 5.10. The maximum atomic E-state index is 13.3. The Labute approximate surface area is 194 Å². The number of methoxy groups -OCH3 is 1. The predicted molar refractivity (Wildman–Crippen MR) is 129 cm³/mol. The molecular weight excluding hydrogens is 446 g/mol. The van der Waals surface area contributed by atoms with Crippen molar-refractivity contribution in [3.05, 3.63) is 69.0 Å². The highest BCUT2D eigenvalue weighted by molar-refractivity contribution is 8.00. The van der Waals surface area contributed by atoms with Crippen LogP contribution in [0.2, 0.25) is 0 Å². The van der Waals surface area contributed by atoms with Crippen LogP contribution in [0.4, 0.5) is 0 Å². The van der Waals surface area contributed by atoms with Crippen LogP contribution in [0.25, 0.3) is 10.2 Å². The van der Waals surface area contributed by atoms with E-state index in [1.807, 2.05) is 40.6 Å². The first kappa shape index (κ1) is 21.8. The van der Waals surface area contributed by atoms with Gasteiger partial charge in [-0.25, -0.2) is 9.97 Å². The lowest BCUT2D eigenvalue weighted by atomic mass is 10.2. The molecule has 0 aliphatic heterocycles. The number of para-hydroxylation sites is 1. The minimum absolute atomic E-state index is 0.0701. The van der Waals surface area contributed by atoms with Gasteiger partial charge in [0.1, 0.15) is 21.9 Å². The number of aryl methyl sites for hydroxylation is 2. The molecule has 1 amide bonds. The summed E-state index contributed by atoms with van der Waals surface area (Å²) in [7, 11) is 1.66. The Bertz CT molecular complexity index is 1190. The summed E-state index contributed by atoms with van der Waals surface area (Å²) in [4.78, 5) is 27.4. The van der Waals surface area contributed by atoms with Crippen molar-refractivity contribution >= 4 is 50.6 Å². The topological polar surface area (TPSA) is 55.3 Å². The van der Waals surface area contributed by atoms with Crippen LogP contribution in [0.1, 0.15) is 20.9 Å². The lowest BCUT2D eigenvalue weighted by Gasteiger charge is -2.23. The number of ether oxygens (including phenoxy) is 1. The Balaban J connectivity index is 1.55. The largest absolute Gasteiger partial charge is 0.496 e. The summed E-state index contributed by atoms with van der Waals surface area (Å²) in [5, 5.41) is 3.97. The van der Waals surface area contributed by atoms with Crippen molar-refractivity contribution in [2.75, 3.05) is 12.9 Å². The molecule has 4 rings (SSSR count). The van der Waals surface area contributed by atoms with Crippen molar-refractivity contribution < 1.29 is 9.53 Å². The van der Waals surface area contributed by atoms with Crippen LogP contribution in [-0.2, 0) is 17.9 Å². The Morgan fingerprint density at radius 3 is 2.74 bits per heavy atom. The van der Waals surface area contributed by atoms with Crippen LogP contribution >= 0.6 is 34.4 Å². The van der Waals surface area contributed by atoms with Crippen molar-refractivity contribution in [1.29, 1.82) is 0 Å². The number of thioether (sulfide) groups is 1. The molecule has 0 fully saturated rings. The number of thiophene rings is 2. The zero-order chi connectivity index (χ0) is 21.8. The molecule has 1 aromatic carbocycles. The summed E-state index contributed by atoms with van der Waals surface area (Å²) in [5.74, 6) is 1.18. The molecule has 0 aliphatic carbocycles. The second kappa shape index (κ2) is 9.80. The fraction of sp³-hybridized carbons (Fsp3) is 0.261. The number of fused-ring (bicyclic) bond motifs is 1. The summed E-state index contributed by atoms with van der Waals surface area (Å²) in [5.41, 5.74) is 2.19. The van der Waals surface area contributed by atoms with Gasteiger partial charge in [-0.2, -0.15) is 0 Å². The lowest BCUT2D eigenvalue weighted by molar-refractivity contribution is -0.129. The van der Waals surface area contributed by atoms with Gasteiger partial charge in [-0.3, -0.25) is 4.79 Å². The van der Waals surface area contributed by atoms with Gasteiger partial charge in [-0.15, -0.1) is 22.7 Å². The Morgan fingerprint density at radius 1 is 1.13 bits per heavy atom. The number of nitrogens with zero attached hydrogens (tertiary/aromatic N) is 3. The van der Waals surface area contributed by atoms with E-state index < -0.39 is 0 Å². The van der Waals surface area contributed by atoms with Crippen molar-refractivity contribution in [3.63, 3.8) is 0 Å². The van der Waals surface area contributed by atoms with E-state index in [1.54, 1.807) is 36.1 Å². The van der Waals surface area contributed by atoms with Gasteiger partial charge in [0.15, 0.2) is 0 Å². The number of amides is 1. The number of benzene rings is 1. The Kier molecular flexibility index (Phi) is 6.89. The van der Waals surface area contributed by atoms with Crippen LogP contribution in [0, 0.1) is 13.8 Å². The first-order valence-electron chi connectivity index (χ1n) is 9.82. The normalized spacial score (nSPS) is 11.1. The quantitative estimate of drug-likeness (QED) is 0.245. The number of aromatic nitrogens is 2. The van der Waals surface area contributed by atoms with E-state index in [-0.39, 0.29) is 5.91 Å². The van der Waals surface area contributed by atoms with Gasteiger partial charge in [0.05, 0.1) is 19.4 Å². The SMILES string of the molecule is COc1ccccc1CN(Cc1cccs1)C(=O)CSc1ncnc2sc(C)c(C)c12.